The van der Waals surface area contributed by atoms with Gasteiger partial charge in [-0.2, -0.15) is 0 Å². The standard InChI is InChI=1S/C19H28N6S.HI/c1-3-16-13-22-18(26-16)14-24-19(20-4-2)23-12-15-7-8-21-17(11-15)25-9-5-6-10-25;/h7-8,11,13H,3-6,9-10,12,14H2,1-2H3,(H2,20,23,24);1H. The molecule has 2 aromatic heterocycles. The highest BCUT2D eigenvalue weighted by atomic mass is 127. The van der Waals surface area contributed by atoms with Crippen LogP contribution in [0, 0.1) is 0 Å². The molecule has 2 aromatic rings. The number of guanidine groups is 1. The fraction of sp³-hybridized carbons (Fsp3) is 0.526. The van der Waals surface area contributed by atoms with E-state index >= 15 is 0 Å². The average Bonchev–Trinajstić information content (AvgIpc) is 3.36. The largest absolute Gasteiger partial charge is 0.357 e. The SMILES string of the molecule is CCNC(=NCc1ccnc(N2CCCC2)c1)NCc1ncc(CC)s1.I. The molecule has 0 saturated carbocycles. The Morgan fingerprint density at radius 1 is 1.22 bits per heavy atom. The highest BCUT2D eigenvalue weighted by Crippen LogP contribution is 2.18. The highest BCUT2D eigenvalue weighted by Gasteiger charge is 2.13. The molecule has 3 rings (SSSR count). The van der Waals surface area contributed by atoms with Crippen molar-refractivity contribution in [1.29, 1.82) is 0 Å². The van der Waals surface area contributed by atoms with Crippen molar-refractivity contribution in [3.63, 3.8) is 0 Å². The minimum Gasteiger partial charge on any atom is -0.357 e. The van der Waals surface area contributed by atoms with Crippen LogP contribution in [-0.4, -0.2) is 35.6 Å². The number of anilines is 1. The molecule has 2 N–H and O–H groups in total. The zero-order valence-corrected chi connectivity index (χ0v) is 19.2. The van der Waals surface area contributed by atoms with Crippen LogP contribution in [0.2, 0.25) is 0 Å². The summed E-state index contributed by atoms with van der Waals surface area (Å²) >= 11 is 1.75. The monoisotopic (exact) mass is 500 g/mol. The summed E-state index contributed by atoms with van der Waals surface area (Å²) in [6.07, 6.45) is 7.40. The van der Waals surface area contributed by atoms with E-state index in [1.807, 2.05) is 18.5 Å². The maximum Gasteiger partial charge on any atom is 0.191 e. The maximum absolute atomic E-state index is 4.72. The van der Waals surface area contributed by atoms with Gasteiger partial charge in [-0.15, -0.1) is 35.3 Å². The lowest BCUT2D eigenvalue weighted by atomic mass is 10.2. The molecular formula is C19H29IN6S. The van der Waals surface area contributed by atoms with Gasteiger partial charge in [0.15, 0.2) is 5.96 Å². The molecule has 1 aliphatic heterocycles. The predicted molar refractivity (Wildman–Crippen MR) is 124 cm³/mol. The third-order valence-electron chi connectivity index (χ3n) is 4.36. The topological polar surface area (TPSA) is 65.4 Å². The molecule has 27 heavy (non-hydrogen) atoms. The zero-order chi connectivity index (χ0) is 18.2. The third kappa shape index (κ3) is 6.60. The van der Waals surface area contributed by atoms with Crippen molar-refractivity contribution in [3.05, 3.63) is 40.0 Å². The van der Waals surface area contributed by atoms with Crippen LogP contribution in [-0.2, 0) is 19.5 Å². The van der Waals surface area contributed by atoms with Crippen molar-refractivity contribution in [2.45, 2.75) is 46.2 Å². The van der Waals surface area contributed by atoms with Gasteiger partial charge in [-0.1, -0.05) is 6.92 Å². The molecule has 8 heteroatoms. The molecule has 0 aliphatic carbocycles. The zero-order valence-electron chi connectivity index (χ0n) is 16.1. The van der Waals surface area contributed by atoms with E-state index in [1.54, 1.807) is 11.3 Å². The summed E-state index contributed by atoms with van der Waals surface area (Å²) in [7, 11) is 0. The molecule has 1 saturated heterocycles. The molecule has 3 heterocycles. The first kappa shape index (κ1) is 21.9. The van der Waals surface area contributed by atoms with Gasteiger partial charge in [0, 0.05) is 36.9 Å². The number of pyridine rings is 1. The van der Waals surface area contributed by atoms with Gasteiger partial charge in [-0.3, -0.25) is 0 Å². The van der Waals surface area contributed by atoms with Gasteiger partial charge >= 0.3 is 0 Å². The van der Waals surface area contributed by atoms with Crippen LogP contribution in [0.15, 0.2) is 29.5 Å². The van der Waals surface area contributed by atoms with Crippen molar-refractivity contribution >= 4 is 47.1 Å². The van der Waals surface area contributed by atoms with Crippen LogP contribution in [0.5, 0.6) is 0 Å². The second kappa shape index (κ2) is 11.4. The van der Waals surface area contributed by atoms with E-state index < -0.39 is 0 Å². The van der Waals surface area contributed by atoms with E-state index in [0.717, 1.165) is 42.8 Å². The van der Waals surface area contributed by atoms with Crippen LogP contribution in [0.4, 0.5) is 5.82 Å². The Bertz CT molecular complexity index is 726. The van der Waals surface area contributed by atoms with Crippen molar-refractivity contribution in [2.24, 2.45) is 4.99 Å². The Hall–Kier alpha value is -1.42. The van der Waals surface area contributed by atoms with E-state index in [-0.39, 0.29) is 24.0 Å². The normalized spacial score (nSPS) is 14.1. The molecule has 6 nitrogen and oxygen atoms in total. The van der Waals surface area contributed by atoms with E-state index in [0.29, 0.717) is 13.1 Å². The number of hydrogen-bond acceptors (Lipinski definition) is 5. The summed E-state index contributed by atoms with van der Waals surface area (Å²) in [5.41, 5.74) is 1.18. The van der Waals surface area contributed by atoms with E-state index in [2.05, 4.69) is 45.4 Å². The van der Waals surface area contributed by atoms with Crippen LogP contribution in [0.3, 0.4) is 0 Å². The molecule has 0 amide bonds. The van der Waals surface area contributed by atoms with E-state index in [4.69, 9.17) is 4.99 Å². The molecule has 0 unspecified atom stereocenters. The number of rotatable bonds is 7. The van der Waals surface area contributed by atoms with Crippen molar-refractivity contribution in [3.8, 4) is 0 Å². The van der Waals surface area contributed by atoms with Crippen LogP contribution in [0.1, 0.15) is 42.1 Å². The summed E-state index contributed by atoms with van der Waals surface area (Å²) in [4.78, 5) is 17.3. The first-order valence-corrected chi connectivity index (χ1v) is 10.3. The lowest BCUT2D eigenvalue weighted by Gasteiger charge is -2.16. The summed E-state index contributed by atoms with van der Waals surface area (Å²) in [6, 6.07) is 4.20. The molecule has 0 aromatic carbocycles. The summed E-state index contributed by atoms with van der Waals surface area (Å²) in [5.74, 6) is 1.89. The number of nitrogens with zero attached hydrogens (tertiary/aromatic N) is 4. The van der Waals surface area contributed by atoms with E-state index in [9.17, 15) is 0 Å². The molecule has 0 radical (unpaired) electrons. The third-order valence-corrected chi connectivity index (χ3v) is 5.50. The number of halogens is 1. The molecule has 1 fully saturated rings. The molecule has 0 spiro atoms. The average molecular weight is 500 g/mol. The smallest absolute Gasteiger partial charge is 0.191 e. The Labute approximate surface area is 182 Å². The number of nitrogens with one attached hydrogen (secondary N) is 2. The molecule has 1 aliphatic rings. The van der Waals surface area contributed by atoms with Crippen molar-refractivity contribution in [1.82, 2.24) is 20.6 Å². The number of hydrogen-bond donors (Lipinski definition) is 2. The molecule has 0 bridgehead atoms. The highest BCUT2D eigenvalue weighted by molar-refractivity contribution is 14.0. The van der Waals surface area contributed by atoms with Crippen LogP contribution >= 0.6 is 35.3 Å². The van der Waals surface area contributed by atoms with E-state index in [1.165, 1.54) is 23.3 Å². The first-order valence-electron chi connectivity index (χ1n) is 9.44. The maximum atomic E-state index is 4.72. The van der Waals surface area contributed by atoms with Crippen LogP contribution in [0.25, 0.3) is 0 Å². The number of thiazole rings is 1. The van der Waals surface area contributed by atoms with Crippen molar-refractivity contribution < 1.29 is 0 Å². The minimum atomic E-state index is 0. The lowest BCUT2D eigenvalue weighted by molar-refractivity contribution is 0.811. The van der Waals surface area contributed by atoms with Gasteiger partial charge in [-0.25, -0.2) is 15.0 Å². The Kier molecular flexibility index (Phi) is 9.26. The molecule has 0 atom stereocenters. The Morgan fingerprint density at radius 3 is 2.74 bits per heavy atom. The van der Waals surface area contributed by atoms with Gasteiger partial charge in [0.1, 0.15) is 10.8 Å². The minimum absolute atomic E-state index is 0. The van der Waals surface area contributed by atoms with Gasteiger partial charge in [0.05, 0.1) is 13.1 Å². The van der Waals surface area contributed by atoms with Gasteiger partial charge < -0.3 is 15.5 Å². The van der Waals surface area contributed by atoms with Crippen molar-refractivity contribution in [2.75, 3.05) is 24.5 Å². The predicted octanol–water partition coefficient (Wildman–Crippen LogP) is 3.57. The Morgan fingerprint density at radius 2 is 2.04 bits per heavy atom. The number of aromatic nitrogens is 2. The number of aliphatic imine (C=N–C) groups is 1. The summed E-state index contributed by atoms with van der Waals surface area (Å²) in [5, 5.41) is 7.77. The quantitative estimate of drug-likeness (QED) is 0.346. The fourth-order valence-electron chi connectivity index (χ4n) is 2.94. The summed E-state index contributed by atoms with van der Waals surface area (Å²) < 4.78 is 0. The fourth-order valence-corrected chi connectivity index (χ4v) is 3.74. The molecule has 148 valence electrons. The summed E-state index contributed by atoms with van der Waals surface area (Å²) in [6.45, 7) is 8.62. The Balaban J connectivity index is 0.00000261. The van der Waals surface area contributed by atoms with Gasteiger partial charge in [0.25, 0.3) is 0 Å². The number of aryl methyl sites for hydroxylation is 1. The first-order chi connectivity index (χ1) is 12.8. The lowest BCUT2D eigenvalue weighted by Crippen LogP contribution is -2.36. The molecular weight excluding hydrogens is 471 g/mol. The van der Waals surface area contributed by atoms with Crippen LogP contribution < -0.4 is 15.5 Å². The second-order valence-corrected chi connectivity index (χ2v) is 7.54. The van der Waals surface area contributed by atoms with Gasteiger partial charge in [0.2, 0.25) is 0 Å². The second-order valence-electron chi connectivity index (χ2n) is 6.34. The van der Waals surface area contributed by atoms with Gasteiger partial charge in [-0.05, 0) is 43.9 Å².